The molecule has 4 heteroatoms. The van der Waals surface area contributed by atoms with Gasteiger partial charge in [-0.05, 0) is 31.9 Å². The SMILES string of the molecule is Cc1cccc2c(CC(=O)NC(C)(C)CN)c[nH]c12. The van der Waals surface area contributed by atoms with Crippen molar-refractivity contribution in [3.05, 3.63) is 35.5 Å². The highest BCUT2D eigenvalue weighted by atomic mass is 16.1. The zero-order valence-electron chi connectivity index (χ0n) is 11.7. The molecule has 4 nitrogen and oxygen atoms in total. The summed E-state index contributed by atoms with van der Waals surface area (Å²) >= 11 is 0. The highest BCUT2D eigenvalue weighted by Gasteiger charge is 2.19. The van der Waals surface area contributed by atoms with Gasteiger partial charge in [-0.15, -0.1) is 0 Å². The van der Waals surface area contributed by atoms with E-state index in [0.29, 0.717) is 13.0 Å². The number of H-pyrrole nitrogens is 1. The minimum atomic E-state index is -0.362. The smallest absolute Gasteiger partial charge is 0.224 e. The molecular weight excluding hydrogens is 238 g/mol. The molecule has 0 saturated heterocycles. The Morgan fingerprint density at radius 2 is 2.16 bits per heavy atom. The first kappa shape index (κ1) is 13.6. The molecule has 0 unspecified atom stereocenters. The highest BCUT2D eigenvalue weighted by Crippen LogP contribution is 2.21. The van der Waals surface area contributed by atoms with Crippen LogP contribution in [0.2, 0.25) is 0 Å². The fraction of sp³-hybridized carbons (Fsp3) is 0.400. The van der Waals surface area contributed by atoms with Crippen molar-refractivity contribution in [2.24, 2.45) is 5.73 Å². The Kier molecular flexibility index (Phi) is 3.62. The van der Waals surface area contributed by atoms with Crippen molar-refractivity contribution in [3.63, 3.8) is 0 Å². The zero-order valence-corrected chi connectivity index (χ0v) is 11.7. The molecule has 102 valence electrons. The van der Waals surface area contributed by atoms with E-state index in [-0.39, 0.29) is 11.4 Å². The molecule has 0 fully saturated rings. The molecule has 1 amide bonds. The van der Waals surface area contributed by atoms with Crippen molar-refractivity contribution >= 4 is 16.8 Å². The van der Waals surface area contributed by atoms with Gasteiger partial charge >= 0.3 is 0 Å². The average Bonchev–Trinajstić information content (AvgIpc) is 2.73. The van der Waals surface area contributed by atoms with Crippen molar-refractivity contribution in [2.75, 3.05) is 6.54 Å². The van der Waals surface area contributed by atoms with Gasteiger partial charge in [0.25, 0.3) is 0 Å². The quantitative estimate of drug-likeness (QED) is 0.784. The number of carbonyl (C=O) groups excluding carboxylic acids is 1. The number of benzene rings is 1. The van der Waals surface area contributed by atoms with Crippen LogP contribution in [0.4, 0.5) is 0 Å². The van der Waals surface area contributed by atoms with Crippen molar-refractivity contribution in [3.8, 4) is 0 Å². The molecule has 1 aromatic heterocycles. The molecule has 1 aromatic carbocycles. The highest BCUT2D eigenvalue weighted by molar-refractivity contribution is 5.90. The molecule has 0 bridgehead atoms. The maximum absolute atomic E-state index is 12.0. The van der Waals surface area contributed by atoms with E-state index in [4.69, 9.17) is 5.73 Å². The number of nitrogens with two attached hydrogens (primary N) is 1. The van der Waals surface area contributed by atoms with Crippen LogP contribution in [0.5, 0.6) is 0 Å². The monoisotopic (exact) mass is 259 g/mol. The third-order valence-electron chi connectivity index (χ3n) is 3.35. The van der Waals surface area contributed by atoms with Gasteiger partial charge in [-0.1, -0.05) is 18.2 Å². The van der Waals surface area contributed by atoms with Crippen LogP contribution in [0.25, 0.3) is 10.9 Å². The zero-order chi connectivity index (χ0) is 14.0. The molecule has 2 rings (SSSR count). The van der Waals surface area contributed by atoms with Gasteiger partial charge in [0.15, 0.2) is 0 Å². The summed E-state index contributed by atoms with van der Waals surface area (Å²) < 4.78 is 0. The Morgan fingerprint density at radius 1 is 1.42 bits per heavy atom. The maximum atomic E-state index is 12.0. The van der Waals surface area contributed by atoms with Gasteiger partial charge in [-0.2, -0.15) is 0 Å². The number of aromatic amines is 1. The molecule has 0 atom stereocenters. The predicted octanol–water partition coefficient (Wildman–Crippen LogP) is 1.87. The number of aromatic nitrogens is 1. The first-order valence-electron chi connectivity index (χ1n) is 6.49. The number of rotatable bonds is 4. The van der Waals surface area contributed by atoms with E-state index < -0.39 is 0 Å². The van der Waals surface area contributed by atoms with Crippen molar-refractivity contribution in [1.29, 1.82) is 0 Å². The lowest BCUT2D eigenvalue weighted by atomic mass is 10.0. The minimum absolute atomic E-state index is 0.00199. The molecule has 1 heterocycles. The second kappa shape index (κ2) is 5.05. The van der Waals surface area contributed by atoms with Crippen LogP contribution in [-0.4, -0.2) is 23.0 Å². The summed E-state index contributed by atoms with van der Waals surface area (Å²) in [6.07, 6.45) is 2.28. The first-order chi connectivity index (χ1) is 8.93. The van der Waals surface area contributed by atoms with E-state index >= 15 is 0 Å². The average molecular weight is 259 g/mol. The summed E-state index contributed by atoms with van der Waals surface area (Å²) in [7, 11) is 0. The Balaban J connectivity index is 2.18. The first-order valence-corrected chi connectivity index (χ1v) is 6.49. The standard InChI is InChI=1S/C15H21N3O/c1-10-5-4-6-12-11(8-17-14(10)12)7-13(19)18-15(2,3)9-16/h4-6,8,17H,7,9,16H2,1-3H3,(H,18,19). The molecule has 0 spiro atoms. The second-order valence-corrected chi connectivity index (χ2v) is 5.62. The lowest BCUT2D eigenvalue weighted by Gasteiger charge is -2.24. The third-order valence-corrected chi connectivity index (χ3v) is 3.35. The number of fused-ring (bicyclic) bond motifs is 1. The lowest BCUT2D eigenvalue weighted by molar-refractivity contribution is -0.121. The van der Waals surface area contributed by atoms with Gasteiger partial charge in [0.1, 0.15) is 0 Å². The van der Waals surface area contributed by atoms with Gasteiger partial charge in [-0.25, -0.2) is 0 Å². The van der Waals surface area contributed by atoms with Crippen LogP contribution in [0, 0.1) is 6.92 Å². The molecule has 2 aromatic rings. The van der Waals surface area contributed by atoms with E-state index in [1.165, 1.54) is 5.56 Å². The fourth-order valence-electron chi connectivity index (χ4n) is 2.16. The summed E-state index contributed by atoms with van der Waals surface area (Å²) in [5.74, 6) is -0.00199. The third kappa shape index (κ3) is 2.96. The van der Waals surface area contributed by atoms with Crippen LogP contribution < -0.4 is 11.1 Å². The number of hydrogen-bond donors (Lipinski definition) is 3. The number of hydrogen-bond acceptors (Lipinski definition) is 2. The molecule has 0 aliphatic carbocycles. The molecular formula is C15H21N3O. The molecule has 0 saturated carbocycles. The number of para-hydroxylation sites is 1. The van der Waals surface area contributed by atoms with E-state index in [1.54, 1.807) is 0 Å². The Morgan fingerprint density at radius 3 is 2.84 bits per heavy atom. The number of carbonyl (C=O) groups is 1. The van der Waals surface area contributed by atoms with Gasteiger partial charge in [0.2, 0.25) is 5.91 Å². The predicted molar refractivity (Wildman–Crippen MR) is 78.0 cm³/mol. The molecule has 0 radical (unpaired) electrons. The topological polar surface area (TPSA) is 70.9 Å². The Labute approximate surface area is 113 Å². The van der Waals surface area contributed by atoms with E-state index in [2.05, 4.69) is 23.3 Å². The largest absolute Gasteiger partial charge is 0.361 e. The molecule has 4 N–H and O–H groups in total. The lowest BCUT2D eigenvalue weighted by Crippen LogP contribution is -2.49. The van der Waals surface area contributed by atoms with Gasteiger partial charge in [-0.3, -0.25) is 4.79 Å². The van der Waals surface area contributed by atoms with Gasteiger partial charge in [0, 0.05) is 29.2 Å². The van der Waals surface area contributed by atoms with Crippen LogP contribution in [-0.2, 0) is 11.2 Å². The molecule has 0 aliphatic rings. The number of nitrogens with one attached hydrogen (secondary N) is 2. The molecule has 0 aliphatic heterocycles. The van der Waals surface area contributed by atoms with Crippen LogP contribution >= 0.6 is 0 Å². The van der Waals surface area contributed by atoms with Crippen LogP contribution in [0.1, 0.15) is 25.0 Å². The van der Waals surface area contributed by atoms with E-state index in [1.807, 2.05) is 32.2 Å². The van der Waals surface area contributed by atoms with Crippen LogP contribution in [0.15, 0.2) is 24.4 Å². The van der Waals surface area contributed by atoms with Crippen LogP contribution in [0.3, 0.4) is 0 Å². The van der Waals surface area contributed by atoms with Crippen molar-refractivity contribution in [2.45, 2.75) is 32.7 Å². The second-order valence-electron chi connectivity index (χ2n) is 5.62. The number of aryl methyl sites for hydroxylation is 1. The summed E-state index contributed by atoms with van der Waals surface area (Å²) in [4.78, 5) is 15.3. The van der Waals surface area contributed by atoms with Crippen molar-refractivity contribution in [1.82, 2.24) is 10.3 Å². The van der Waals surface area contributed by atoms with Crippen molar-refractivity contribution < 1.29 is 4.79 Å². The maximum Gasteiger partial charge on any atom is 0.224 e. The van der Waals surface area contributed by atoms with E-state index in [0.717, 1.165) is 16.5 Å². The van der Waals surface area contributed by atoms with E-state index in [9.17, 15) is 4.79 Å². The summed E-state index contributed by atoms with van der Waals surface area (Å²) in [6, 6.07) is 6.10. The Bertz CT molecular complexity index is 598. The number of amides is 1. The minimum Gasteiger partial charge on any atom is -0.361 e. The van der Waals surface area contributed by atoms with Gasteiger partial charge in [0.05, 0.1) is 6.42 Å². The normalized spacial score (nSPS) is 11.8. The van der Waals surface area contributed by atoms with Gasteiger partial charge < -0.3 is 16.0 Å². The summed E-state index contributed by atoms with van der Waals surface area (Å²) in [5.41, 5.74) is 8.56. The summed E-state index contributed by atoms with van der Waals surface area (Å²) in [5, 5.41) is 4.06. The Hall–Kier alpha value is -1.81. The fourth-order valence-corrected chi connectivity index (χ4v) is 2.16. The molecule has 19 heavy (non-hydrogen) atoms. The summed E-state index contributed by atoms with van der Waals surface area (Å²) in [6.45, 7) is 6.32.